The van der Waals surface area contributed by atoms with Crippen molar-refractivity contribution in [3.8, 4) is 5.75 Å². The maximum absolute atomic E-state index is 13.3. The molecule has 0 radical (unpaired) electrons. The maximum Gasteiger partial charge on any atom is 0.271 e. The summed E-state index contributed by atoms with van der Waals surface area (Å²) in [6, 6.07) is 15.4. The monoisotopic (exact) mass is 539 g/mol. The van der Waals surface area contributed by atoms with Crippen molar-refractivity contribution in [3.05, 3.63) is 98.2 Å². The Morgan fingerprint density at radius 1 is 0.974 bits per heavy atom. The van der Waals surface area contributed by atoms with Crippen molar-refractivity contribution in [3.63, 3.8) is 0 Å². The highest BCUT2D eigenvalue weighted by atomic mass is 32.2. The zero-order valence-electron chi connectivity index (χ0n) is 21.2. The summed E-state index contributed by atoms with van der Waals surface area (Å²) in [7, 11) is -2.65. The molecule has 0 heterocycles. The van der Waals surface area contributed by atoms with E-state index in [0.29, 0.717) is 5.56 Å². The van der Waals surface area contributed by atoms with Gasteiger partial charge in [-0.2, -0.15) is 0 Å². The van der Waals surface area contributed by atoms with Gasteiger partial charge < -0.3 is 10.1 Å². The van der Waals surface area contributed by atoms with Gasteiger partial charge in [0.25, 0.3) is 22.7 Å². The van der Waals surface area contributed by atoms with E-state index in [-0.39, 0.29) is 35.2 Å². The molecule has 0 aliphatic carbocycles. The number of nitrogens with zero attached hydrogens (tertiary/aromatic N) is 1. The number of carbonyl (C=O) groups is 2. The molecule has 0 fully saturated rings. The third-order valence-electron chi connectivity index (χ3n) is 5.57. The summed E-state index contributed by atoms with van der Waals surface area (Å²) in [6.07, 6.45) is 1.13. The van der Waals surface area contributed by atoms with Gasteiger partial charge >= 0.3 is 0 Å². The van der Waals surface area contributed by atoms with Crippen LogP contribution in [0.2, 0.25) is 0 Å². The van der Waals surface area contributed by atoms with Crippen molar-refractivity contribution in [1.29, 1.82) is 0 Å². The van der Waals surface area contributed by atoms with E-state index in [1.165, 1.54) is 19.2 Å². The minimum atomic E-state index is -3.90. The second-order valence-corrected chi connectivity index (χ2v) is 10.8. The molecule has 0 saturated heterocycles. The molecule has 0 aromatic heterocycles. The minimum absolute atomic E-state index is 0.00455. The molecule has 3 aromatic carbocycles. The van der Waals surface area contributed by atoms with E-state index in [9.17, 15) is 27.6 Å². The highest BCUT2D eigenvalue weighted by Gasteiger charge is 2.29. The summed E-state index contributed by atoms with van der Waals surface area (Å²) >= 11 is 0. The number of amides is 2. The lowest BCUT2D eigenvalue weighted by Gasteiger charge is -2.27. The van der Waals surface area contributed by atoms with Gasteiger partial charge in [0, 0.05) is 11.5 Å². The fourth-order valence-corrected chi connectivity index (χ4v) is 4.64. The van der Waals surface area contributed by atoms with Crippen LogP contribution >= 0.6 is 0 Å². The van der Waals surface area contributed by atoms with Crippen LogP contribution in [0.5, 0.6) is 5.75 Å². The lowest BCUT2D eigenvalue weighted by atomic mass is 10.0. The number of ether oxygens (including phenoxy) is 1. The molecule has 2 amide bonds. The van der Waals surface area contributed by atoms with Gasteiger partial charge in [0.1, 0.15) is 11.7 Å². The molecule has 10 nitrogen and oxygen atoms in total. The summed E-state index contributed by atoms with van der Waals surface area (Å²) in [4.78, 5) is 50.2. The van der Waals surface area contributed by atoms with Crippen LogP contribution in [-0.2, 0) is 26.0 Å². The first-order chi connectivity index (χ1) is 18.0. The predicted octanol–water partition coefficient (Wildman–Crippen LogP) is 2.17. The minimum Gasteiger partial charge on any atom is -0.491 e. The molecule has 0 bridgehead atoms. The van der Waals surface area contributed by atoms with Crippen molar-refractivity contribution >= 4 is 27.3 Å². The van der Waals surface area contributed by atoms with Gasteiger partial charge in [-0.25, -0.2) is 13.4 Å². The predicted molar refractivity (Wildman–Crippen MR) is 143 cm³/mol. The van der Waals surface area contributed by atoms with Gasteiger partial charge in [-0.3, -0.25) is 24.6 Å². The Morgan fingerprint density at radius 3 is 2.16 bits per heavy atom. The molecular weight excluding hydrogens is 510 g/mol. The number of hydrazine groups is 1. The third kappa shape index (κ3) is 6.94. The normalized spacial score (nSPS) is 12.4. The fourth-order valence-electron chi connectivity index (χ4n) is 3.65. The molecule has 38 heavy (non-hydrogen) atoms. The van der Waals surface area contributed by atoms with E-state index >= 15 is 0 Å². The van der Waals surface area contributed by atoms with Gasteiger partial charge in [0.05, 0.1) is 18.6 Å². The summed E-state index contributed by atoms with van der Waals surface area (Å²) in [5.74, 6) is -1.60. The first kappa shape index (κ1) is 28.3. The molecule has 2 N–H and O–H groups in total. The SMILES string of the molecule is COc1c(N[C@@H](CC(C)C)C(=O)NN(Cc2ccccc2)C(=O)/C=C/S(=O)(=O)c2ccccc2)c(=O)c1=O. The van der Waals surface area contributed by atoms with Gasteiger partial charge in [-0.05, 0) is 30.0 Å². The summed E-state index contributed by atoms with van der Waals surface area (Å²) in [5, 5.41) is 4.55. The Bertz CT molecular complexity index is 1480. The molecule has 3 rings (SSSR count). The number of carbonyl (C=O) groups excluding carboxylic acids is 2. The lowest BCUT2D eigenvalue weighted by molar-refractivity contribution is -0.139. The second kappa shape index (κ2) is 12.3. The van der Waals surface area contributed by atoms with Crippen molar-refractivity contribution < 1.29 is 22.7 Å². The van der Waals surface area contributed by atoms with Crippen LogP contribution < -0.4 is 26.3 Å². The summed E-state index contributed by atoms with van der Waals surface area (Å²) < 4.78 is 30.2. The Morgan fingerprint density at radius 2 is 1.58 bits per heavy atom. The van der Waals surface area contributed by atoms with Gasteiger partial charge in [-0.15, -0.1) is 0 Å². The number of hydrogen-bond donors (Lipinski definition) is 2. The number of benzene rings is 2. The zero-order valence-corrected chi connectivity index (χ0v) is 22.0. The largest absolute Gasteiger partial charge is 0.491 e. The Kier molecular flexibility index (Phi) is 9.19. The number of sulfone groups is 1. The third-order valence-corrected chi connectivity index (χ3v) is 6.99. The van der Waals surface area contributed by atoms with Gasteiger partial charge in [-0.1, -0.05) is 62.4 Å². The van der Waals surface area contributed by atoms with Crippen molar-refractivity contribution in [2.45, 2.75) is 37.8 Å². The van der Waals surface area contributed by atoms with Gasteiger partial charge in [0.15, 0.2) is 15.6 Å². The smallest absolute Gasteiger partial charge is 0.271 e. The van der Waals surface area contributed by atoms with Crippen molar-refractivity contribution in [2.75, 3.05) is 12.4 Å². The van der Waals surface area contributed by atoms with Crippen LogP contribution in [0, 0.1) is 5.92 Å². The van der Waals surface area contributed by atoms with Crippen molar-refractivity contribution in [1.82, 2.24) is 10.4 Å². The van der Waals surface area contributed by atoms with Crippen LogP contribution in [0.1, 0.15) is 25.8 Å². The molecular formula is C27H29N3O7S. The molecule has 0 spiro atoms. The van der Waals surface area contributed by atoms with Crippen LogP contribution in [0.15, 0.2) is 86.6 Å². The molecule has 0 unspecified atom stereocenters. The van der Waals surface area contributed by atoms with E-state index in [1.54, 1.807) is 48.5 Å². The van der Waals surface area contributed by atoms with E-state index in [1.807, 2.05) is 13.8 Å². The van der Waals surface area contributed by atoms with Gasteiger partial charge in [0.2, 0.25) is 0 Å². The highest BCUT2D eigenvalue weighted by Crippen LogP contribution is 2.20. The average molecular weight is 540 g/mol. The van der Waals surface area contributed by atoms with E-state index in [4.69, 9.17) is 4.74 Å². The maximum atomic E-state index is 13.3. The molecule has 11 heteroatoms. The summed E-state index contributed by atoms with van der Waals surface area (Å²) in [5.41, 5.74) is 1.53. The molecule has 200 valence electrons. The number of hydrogen-bond acceptors (Lipinski definition) is 8. The first-order valence-electron chi connectivity index (χ1n) is 11.8. The van der Waals surface area contributed by atoms with Crippen LogP contribution in [-0.4, -0.2) is 38.4 Å². The average Bonchev–Trinajstić information content (AvgIpc) is 2.91. The fraction of sp³-hybridized carbons (Fsp3) is 0.259. The van der Waals surface area contributed by atoms with Crippen LogP contribution in [0.4, 0.5) is 5.69 Å². The highest BCUT2D eigenvalue weighted by molar-refractivity contribution is 7.94. The second-order valence-electron chi connectivity index (χ2n) is 8.94. The zero-order chi connectivity index (χ0) is 27.9. The number of rotatable bonds is 11. The van der Waals surface area contributed by atoms with E-state index in [0.717, 1.165) is 16.5 Å². The Hall–Kier alpha value is -4.25. The van der Waals surface area contributed by atoms with Crippen LogP contribution in [0.25, 0.3) is 0 Å². The molecule has 3 aromatic rings. The quantitative estimate of drug-likeness (QED) is 0.215. The lowest BCUT2D eigenvalue weighted by Crippen LogP contribution is -2.52. The standard InChI is InChI=1S/C27H29N3O7S/c1-18(2)16-21(28-23-24(32)25(33)26(23)37-3)27(34)29-30(17-19-10-6-4-7-11-19)22(31)14-15-38(35,36)20-12-8-5-9-13-20/h4-15,18,21,28H,16-17H2,1-3H3,(H,29,34)/b15-14+/t21-/m0/s1. The number of anilines is 1. The first-order valence-corrected chi connectivity index (χ1v) is 13.4. The number of methoxy groups -OCH3 is 1. The topological polar surface area (TPSA) is 139 Å². The van der Waals surface area contributed by atoms with E-state index < -0.39 is 38.6 Å². The van der Waals surface area contributed by atoms with Crippen LogP contribution in [0.3, 0.4) is 0 Å². The number of nitrogens with one attached hydrogen (secondary N) is 2. The Labute approximate surface area is 220 Å². The summed E-state index contributed by atoms with van der Waals surface area (Å²) in [6.45, 7) is 3.68. The van der Waals surface area contributed by atoms with Crippen molar-refractivity contribution in [2.24, 2.45) is 5.92 Å². The molecule has 0 saturated carbocycles. The Balaban J connectivity index is 1.86. The van der Waals surface area contributed by atoms with E-state index in [2.05, 4.69) is 10.7 Å². The molecule has 0 aliphatic rings. The molecule has 0 aliphatic heterocycles. The molecule has 1 atom stereocenters.